The van der Waals surface area contributed by atoms with Gasteiger partial charge in [0.05, 0.1) is 19.3 Å². The van der Waals surface area contributed by atoms with Crippen molar-refractivity contribution < 1.29 is 4.74 Å². The average Bonchev–Trinajstić information content (AvgIpc) is 2.58. The highest BCUT2D eigenvalue weighted by Crippen LogP contribution is 2.24. The first kappa shape index (κ1) is 14.1. The molecular formula is C17H21N3O. The van der Waals surface area contributed by atoms with Gasteiger partial charge in [0.2, 0.25) is 0 Å². The fourth-order valence-corrected chi connectivity index (χ4v) is 2.73. The van der Waals surface area contributed by atoms with E-state index in [-0.39, 0.29) is 6.04 Å². The number of rotatable bonds is 4. The third-order valence-electron chi connectivity index (χ3n) is 3.90. The van der Waals surface area contributed by atoms with Crippen LogP contribution < -0.4 is 16.2 Å². The summed E-state index contributed by atoms with van der Waals surface area (Å²) < 4.78 is 5.39. The van der Waals surface area contributed by atoms with Crippen LogP contribution in [0, 0.1) is 0 Å². The fourth-order valence-electron chi connectivity index (χ4n) is 2.73. The van der Waals surface area contributed by atoms with Crippen molar-refractivity contribution in [3.8, 4) is 0 Å². The summed E-state index contributed by atoms with van der Waals surface area (Å²) in [6.45, 7) is 3.52. The number of nitrogens with one attached hydrogen (secondary N) is 1. The highest BCUT2D eigenvalue weighted by atomic mass is 16.5. The largest absolute Gasteiger partial charge is 0.378 e. The number of ether oxygens (including phenoxy) is 1. The topological polar surface area (TPSA) is 50.5 Å². The van der Waals surface area contributed by atoms with Gasteiger partial charge in [0, 0.05) is 18.8 Å². The molecule has 4 nitrogen and oxygen atoms in total. The number of nitrogens with two attached hydrogens (primary N) is 1. The van der Waals surface area contributed by atoms with Crippen molar-refractivity contribution in [3.05, 3.63) is 65.7 Å². The summed E-state index contributed by atoms with van der Waals surface area (Å²) in [7, 11) is 0. The number of hydrogen-bond acceptors (Lipinski definition) is 4. The van der Waals surface area contributed by atoms with Gasteiger partial charge in [-0.15, -0.1) is 0 Å². The van der Waals surface area contributed by atoms with Gasteiger partial charge in [-0.2, -0.15) is 0 Å². The van der Waals surface area contributed by atoms with E-state index in [9.17, 15) is 0 Å². The van der Waals surface area contributed by atoms with Crippen LogP contribution in [0.4, 0.5) is 5.69 Å². The molecule has 4 heteroatoms. The van der Waals surface area contributed by atoms with E-state index in [2.05, 4.69) is 46.7 Å². The molecule has 0 radical (unpaired) electrons. The lowest BCUT2D eigenvalue weighted by Crippen LogP contribution is -2.36. The third kappa shape index (κ3) is 3.24. The molecule has 0 bridgehead atoms. The van der Waals surface area contributed by atoms with E-state index < -0.39 is 0 Å². The molecule has 1 saturated heterocycles. The highest BCUT2D eigenvalue weighted by Gasteiger charge is 2.14. The molecule has 21 heavy (non-hydrogen) atoms. The molecule has 3 rings (SSSR count). The van der Waals surface area contributed by atoms with E-state index in [1.54, 1.807) is 0 Å². The molecule has 3 N–H and O–H groups in total. The van der Waals surface area contributed by atoms with Crippen molar-refractivity contribution in [1.29, 1.82) is 0 Å². The Balaban J connectivity index is 1.79. The van der Waals surface area contributed by atoms with Crippen LogP contribution in [0.3, 0.4) is 0 Å². The quantitative estimate of drug-likeness (QED) is 0.666. The van der Waals surface area contributed by atoms with Crippen LogP contribution in [0.5, 0.6) is 0 Å². The van der Waals surface area contributed by atoms with E-state index in [1.807, 2.05) is 18.2 Å². The minimum atomic E-state index is 0.0185. The van der Waals surface area contributed by atoms with Crippen molar-refractivity contribution in [2.24, 2.45) is 5.84 Å². The van der Waals surface area contributed by atoms with E-state index in [1.165, 1.54) is 16.8 Å². The second-order valence-corrected chi connectivity index (χ2v) is 5.20. The van der Waals surface area contributed by atoms with Crippen molar-refractivity contribution in [2.75, 3.05) is 31.2 Å². The second-order valence-electron chi connectivity index (χ2n) is 5.20. The summed E-state index contributed by atoms with van der Waals surface area (Å²) in [4.78, 5) is 2.35. The lowest BCUT2D eigenvalue weighted by Gasteiger charge is -2.29. The van der Waals surface area contributed by atoms with Crippen molar-refractivity contribution >= 4 is 5.69 Å². The van der Waals surface area contributed by atoms with Crippen LogP contribution in [0.1, 0.15) is 17.2 Å². The maximum absolute atomic E-state index is 5.74. The molecule has 2 aromatic carbocycles. The summed E-state index contributed by atoms with van der Waals surface area (Å²) in [5.41, 5.74) is 6.47. The Morgan fingerprint density at radius 1 is 0.905 bits per heavy atom. The zero-order chi connectivity index (χ0) is 14.5. The van der Waals surface area contributed by atoms with E-state index in [0.29, 0.717) is 0 Å². The Kier molecular flexibility index (Phi) is 4.50. The number of hydrogen-bond donors (Lipinski definition) is 2. The smallest absolute Gasteiger partial charge is 0.0710 e. The summed E-state index contributed by atoms with van der Waals surface area (Å²) in [6, 6.07) is 18.9. The van der Waals surface area contributed by atoms with Gasteiger partial charge in [0.1, 0.15) is 0 Å². The zero-order valence-electron chi connectivity index (χ0n) is 12.0. The minimum Gasteiger partial charge on any atom is -0.378 e. The maximum Gasteiger partial charge on any atom is 0.0710 e. The summed E-state index contributed by atoms with van der Waals surface area (Å²) in [5.74, 6) is 5.74. The minimum absolute atomic E-state index is 0.0185. The summed E-state index contributed by atoms with van der Waals surface area (Å²) in [5, 5.41) is 0. The molecule has 0 amide bonds. The Bertz CT molecular complexity index is 550. The van der Waals surface area contributed by atoms with Gasteiger partial charge in [-0.3, -0.25) is 5.84 Å². The Morgan fingerprint density at radius 2 is 1.52 bits per heavy atom. The first-order chi connectivity index (χ1) is 10.4. The van der Waals surface area contributed by atoms with Gasteiger partial charge in [-0.25, -0.2) is 5.43 Å². The number of nitrogens with zero attached hydrogens (tertiary/aromatic N) is 1. The molecule has 0 spiro atoms. The fraction of sp³-hybridized carbons (Fsp3) is 0.294. The number of benzene rings is 2. The SMILES string of the molecule is NN[C@H](c1ccccc1)c1ccc(N2CCOCC2)cc1. The molecular weight excluding hydrogens is 262 g/mol. The lowest BCUT2D eigenvalue weighted by atomic mass is 9.99. The summed E-state index contributed by atoms with van der Waals surface area (Å²) in [6.07, 6.45) is 0. The van der Waals surface area contributed by atoms with Crippen molar-refractivity contribution in [2.45, 2.75) is 6.04 Å². The van der Waals surface area contributed by atoms with Gasteiger partial charge < -0.3 is 9.64 Å². The average molecular weight is 283 g/mol. The number of morpholine rings is 1. The van der Waals surface area contributed by atoms with Gasteiger partial charge in [-0.05, 0) is 23.3 Å². The summed E-state index contributed by atoms with van der Waals surface area (Å²) >= 11 is 0. The van der Waals surface area contributed by atoms with Crippen LogP contribution >= 0.6 is 0 Å². The van der Waals surface area contributed by atoms with Gasteiger partial charge >= 0.3 is 0 Å². The predicted octanol–water partition coefficient (Wildman–Crippen LogP) is 2.08. The van der Waals surface area contributed by atoms with Gasteiger partial charge in [0.15, 0.2) is 0 Å². The second kappa shape index (κ2) is 6.72. The van der Waals surface area contributed by atoms with Crippen molar-refractivity contribution in [1.82, 2.24) is 5.43 Å². The third-order valence-corrected chi connectivity index (χ3v) is 3.90. The standard InChI is InChI=1S/C17H21N3O/c18-19-17(14-4-2-1-3-5-14)15-6-8-16(9-7-15)20-10-12-21-13-11-20/h1-9,17,19H,10-13,18H2/t17-/m1/s1. The number of hydrazine groups is 1. The van der Waals surface area contributed by atoms with Crippen LogP contribution in [0.2, 0.25) is 0 Å². The Morgan fingerprint density at radius 3 is 2.14 bits per heavy atom. The molecule has 1 aliphatic rings. The molecule has 1 aliphatic heterocycles. The van der Waals surface area contributed by atoms with E-state index in [4.69, 9.17) is 10.6 Å². The molecule has 0 aliphatic carbocycles. The zero-order valence-corrected chi connectivity index (χ0v) is 12.0. The van der Waals surface area contributed by atoms with E-state index in [0.717, 1.165) is 26.3 Å². The molecule has 0 saturated carbocycles. The van der Waals surface area contributed by atoms with Crippen LogP contribution in [0.25, 0.3) is 0 Å². The van der Waals surface area contributed by atoms with Gasteiger partial charge in [-0.1, -0.05) is 42.5 Å². The van der Waals surface area contributed by atoms with Gasteiger partial charge in [0.25, 0.3) is 0 Å². The Hall–Kier alpha value is -1.88. The molecule has 2 aromatic rings. The first-order valence-corrected chi connectivity index (χ1v) is 7.32. The normalized spacial score (nSPS) is 16.7. The Labute approximate surface area is 125 Å². The molecule has 0 unspecified atom stereocenters. The van der Waals surface area contributed by atoms with E-state index >= 15 is 0 Å². The predicted molar refractivity (Wildman–Crippen MR) is 85.1 cm³/mol. The molecule has 1 atom stereocenters. The van der Waals surface area contributed by atoms with Crippen LogP contribution in [-0.4, -0.2) is 26.3 Å². The first-order valence-electron chi connectivity index (χ1n) is 7.32. The number of anilines is 1. The van der Waals surface area contributed by atoms with Crippen molar-refractivity contribution in [3.63, 3.8) is 0 Å². The maximum atomic E-state index is 5.74. The molecule has 110 valence electrons. The van der Waals surface area contributed by atoms with Crippen LogP contribution in [-0.2, 0) is 4.74 Å². The highest BCUT2D eigenvalue weighted by molar-refractivity contribution is 5.49. The molecule has 0 aromatic heterocycles. The lowest BCUT2D eigenvalue weighted by molar-refractivity contribution is 0.122. The molecule has 1 fully saturated rings. The van der Waals surface area contributed by atoms with Crippen LogP contribution in [0.15, 0.2) is 54.6 Å². The molecule has 1 heterocycles. The monoisotopic (exact) mass is 283 g/mol.